The van der Waals surface area contributed by atoms with Crippen LogP contribution in [0.1, 0.15) is 38.8 Å². The molecule has 1 aromatic carbocycles. The highest BCUT2D eigenvalue weighted by Gasteiger charge is 2.50. The molecule has 0 saturated heterocycles. The fraction of sp³-hybridized carbons (Fsp3) is 0.500. The zero-order valence-electron chi connectivity index (χ0n) is 10.7. The number of hydrogen-bond acceptors (Lipinski definition) is 2. The van der Waals surface area contributed by atoms with Gasteiger partial charge >= 0.3 is 0 Å². The zero-order chi connectivity index (χ0) is 12.6. The van der Waals surface area contributed by atoms with Crippen molar-refractivity contribution >= 4 is 11.6 Å². The van der Waals surface area contributed by atoms with Crippen molar-refractivity contribution < 1.29 is 4.79 Å². The summed E-state index contributed by atoms with van der Waals surface area (Å²) in [4.78, 5) is 11.9. The van der Waals surface area contributed by atoms with Gasteiger partial charge in [-0.2, -0.15) is 0 Å². The smallest absolute Gasteiger partial charge is 0.228 e. The summed E-state index contributed by atoms with van der Waals surface area (Å²) in [6.45, 7) is 6.19. The first-order valence-corrected chi connectivity index (χ1v) is 6.06. The average molecular weight is 232 g/mol. The molecule has 0 radical (unpaired) electrons. The minimum atomic E-state index is 0.0297. The number of carbonyl (C=O) groups is 1. The molecule has 17 heavy (non-hydrogen) atoms. The Balaban J connectivity index is 1.98. The zero-order valence-corrected chi connectivity index (χ0v) is 10.7. The SMILES string of the molecule is CC(N)c1ccc(NC(=O)C2CC2(C)C)cc1. The molecule has 0 heterocycles. The molecule has 1 aliphatic rings. The first-order valence-electron chi connectivity index (χ1n) is 6.06. The minimum absolute atomic E-state index is 0.0297. The molecule has 2 atom stereocenters. The number of anilines is 1. The number of rotatable bonds is 3. The molecule has 92 valence electrons. The molecule has 0 aromatic heterocycles. The van der Waals surface area contributed by atoms with E-state index in [0.29, 0.717) is 0 Å². The maximum absolute atomic E-state index is 11.9. The second-order valence-corrected chi connectivity index (χ2v) is 5.65. The highest BCUT2D eigenvalue weighted by molar-refractivity contribution is 5.94. The van der Waals surface area contributed by atoms with Crippen LogP contribution >= 0.6 is 0 Å². The van der Waals surface area contributed by atoms with E-state index in [1.807, 2.05) is 31.2 Å². The van der Waals surface area contributed by atoms with E-state index >= 15 is 0 Å². The predicted octanol–water partition coefficient (Wildman–Crippen LogP) is 2.69. The summed E-state index contributed by atoms with van der Waals surface area (Å²) < 4.78 is 0. The highest BCUT2D eigenvalue weighted by atomic mass is 16.2. The maximum Gasteiger partial charge on any atom is 0.228 e. The third-order valence-corrected chi connectivity index (χ3v) is 3.53. The average Bonchev–Trinajstić information content (AvgIpc) is 2.89. The molecule has 0 spiro atoms. The Morgan fingerprint density at radius 2 is 1.94 bits per heavy atom. The molecule has 3 heteroatoms. The van der Waals surface area contributed by atoms with Gasteiger partial charge in [0.2, 0.25) is 5.91 Å². The Bertz CT molecular complexity index is 420. The van der Waals surface area contributed by atoms with Crippen molar-refractivity contribution in [3.8, 4) is 0 Å². The molecule has 1 amide bonds. The molecule has 2 rings (SSSR count). The highest BCUT2D eigenvalue weighted by Crippen LogP contribution is 2.51. The van der Waals surface area contributed by atoms with E-state index < -0.39 is 0 Å². The van der Waals surface area contributed by atoms with E-state index in [4.69, 9.17) is 5.73 Å². The number of hydrogen-bond donors (Lipinski definition) is 2. The molecule has 2 unspecified atom stereocenters. The topological polar surface area (TPSA) is 55.1 Å². The summed E-state index contributed by atoms with van der Waals surface area (Å²) in [5, 5.41) is 2.95. The Hall–Kier alpha value is -1.35. The van der Waals surface area contributed by atoms with Gasteiger partial charge < -0.3 is 11.1 Å². The van der Waals surface area contributed by atoms with E-state index in [-0.39, 0.29) is 23.3 Å². The van der Waals surface area contributed by atoms with Crippen LogP contribution in [0, 0.1) is 11.3 Å². The Morgan fingerprint density at radius 1 is 1.41 bits per heavy atom. The minimum Gasteiger partial charge on any atom is -0.326 e. The molecule has 0 aliphatic heterocycles. The van der Waals surface area contributed by atoms with Crippen LogP contribution in [-0.2, 0) is 4.79 Å². The Kier molecular flexibility index (Phi) is 2.96. The van der Waals surface area contributed by atoms with Gasteiger partial charge in [0, 0.05) is 17.6 Å². The fourth-order valence-corrected chi connectivity index (χ4v) is 2.01. The quantitative estimate of drug-likeness (QED) is 0.841. The van der Waals surface area contributed by atoms with E-state index in [1.165, 1.54) is 0 Å². The van der Waals surface area contributed by atoms with Crippen LogP contribution < -0.4 is 11.1 Å². The van der Waals surface area contributed by atoms with Gasteiger partial charge in [-0.15, -0.1) is 0 Å². The van der Waals surface area contributed by atoms with Gasteiger partial charge in [-0.25, -0.2) is 0 Å². The van der Waals surface area contributed by atoms with Crippen LogP contribution in [0.15, 0.2) is 24.3 Å². The van der Waals surface area contributed by atoms with Crippen LogP contribution in [-0.4, -0.2) is 5.91 Å². The van der Waals surface area contributed by atoms with E-state index in [9.17, 15) is 4.79 Å². The predicted molar refractivity (Wildman–Crippen MR) is 69.6 cm³/mol. The summed E-state index contributed by atoms with van der Waals surface area (Å²) >= 11 is 0. The summed E-state index contributed by atoms with van der Waals surface area (Å²) in [5.74, 6) is 0.291. The van der Waals surface area contributed by atoms with Crippen molar-refractivity contribution in [2.75, 3.05) is 5.32 Å². The maximum atomic E-state index is 11.9. The first kappa shape index (κ1) is 12.1. The third-order valence-electron chi connectivity index (χ3n) is 3.53. The van der Waals surface area contributed by atoms with Gasteiger partial charge in [-0.1, -0.05) is 26.0 Å². The largest absolute Gasteiger partial charge is 0.326 e. The van der Waals surface area contributed by atoms with Gasteiger partial charge in [0.25, 0.3) is 0 Å². The summed E-state index contributed by atoms with van der Waals surface area (Å²) in [6, 6.07) is 7.76. The third kappa shape index (κ3) is 2.67. The van der Waals surface area contributed by atoms with Gasteiger partial charge in [0.1, 0.15) is 0 Å². The standard InChI is InChI=1S/C14H20N2O/c1-9(15)10-4-6-11(7-5-10)16-13(17)12-8-14(12,2)3/h4-7,9,12H,8,15H2,1-3H3,(H,16,17). The summed E-state index contributed by atoms with van der Waals surface area (Å²) in [6.07, 6.45) is 0.983. The van der Waals surface area contributed by atoms with Crippen molar-refractivity contribution in [1.29, 1.82) is 0 Å². The molecule has 1 fully saturated rings. The lowest BCUT2D eigenvalue weighted by atomic mass is 10.1. The second-order valence-electron chi connectivity index (χ2n) is 5.65. The van der Waals surface area contributed by atoms with Gasteiger partial charge in [0.15, 0.2) is 0 Å². The number of nitrogens with one attached hydrogen (secondary N) is 1. The summed E-state index contributed by atoms with van der Waals surface area (Å²) in [7, 11) is 0. The lowest BCUT2D eigenvalue weighted by Gasteiger charge is -2.09. The molecule has 0 bridgehead atoms. The molecular weight excluding hydrogens is 212 g/mol. The molecule has 1 aliphatic carbocycles. The van der Waals surface area contributed by atoms with E-state index in [0.717, 1.165) is 17.7 Å². The molecule has 1 saturated carbocycles. The second kappa shape index (κ2) is 4.15. The Labute approximate surface area is 102 Å². The van der Waals surface area contributed by atoms with Crippen molar-refractivity contribution in [3.63, 3.8) is 0 Å². The van der Waals surface area contributed by atoms with Crippen molar-refractivity contribution in [2.45, 2.75) is 33.2 Å². The van der Waals surface area contributed by atoms with E-state index in [1.54, 1.807) is 0 Å². The van der Waals surface area contributed by atoms with Gasteiger partial charge in [-0.05, 0) is 36.5 Å². The lowest BCUT2D eigenvalue weighted by Crippen LogP contribution is -2.16. The monoisotopic (exact) mass is 232 g/mol. The van der Waals surface area contributed by atoms with Crippen LogP contribution in [0.4, 0.5) is 5.69 Å². The molecular formula is C14H20N2O. The number of nitrogens with two attached hydrogens (primary N) is 1. The normalized spacial score (nSPS) is 22.9. The van der Waals surface area contributed by atoms with E-state index in [2.05, 4.69) is 19.2 Å². The fourth-order valence-electron chi connectivity index (χ4n) is 2.01. The molecule has 3 nitrogen and oxygen atoms in total. The Morgan fingerprint density at radius 3 is 2.35 bits per heavy atom. The van der Waals surface area contributed by atoms with Gasteiger partial charge in [-0.3, -0.25) is 4.79 Å². The number of amides is 1. The molecule has 1 aromatic rings. The van der Waals surface area contributed by atoms with Crippen molar-refractivity contribution in [2.24, 2.45) is 17.1 Å². The van der Waals surface area contributed by atoms with Crippen LogP contribution in [0.25, 0.3) is 0 Å². The van der Waals surface area contributed by atoms with Crippen molar-refractivity contribution in [1.82, 2.24) is 0 Å². The number of benzene rings is 1. The molecule has 3 N–H and O–H groups in total. The van der Waals surface area contributed by atoms with Crippen molar-refractivity contribution in [3.05, 3.63) is 29.8 Å². The number of carbonyl (C=O) groups excluding carboxylic acids is 1. The van der Waals surface area contributed by atoms with Crippen LogP contribution in [0.2, 0.25) is 0 Å². The van der Waals surface area contributed by atoms with Crippen LogP contribution in [0.5, 0.6) is 0 Å². The first-order chi connectivity index (χ1) is 7.90. The van der Waals surface area contributed by atoms with Gasteiger partial charge in [0.05, 0.1) is 0 Å². The lowest BCUT2D eigenvalue weighted by molar-refractivity contribution is -0.117. The van der Waals surface area contributed by atoms with Crippen LogP contribution in [0.3, 0.4) is 0 Å². The summed E-state index contributed by atoms with van der Waals surface area (Å²) in [5.41, 5.74) is 7.88.